The fourth-order valence-corrected chi connectivity index (χ4v) is 6.77. The van der Waals surface area contributed by atoms with Crippen molar-refractivity contribution < 1.29 is 24.3 Å². The van der Waals surface area contributed by atoms with Crippen LogP contribution in [-0.4, -0.2) is 91.4 Å². The average molecular weight is 491 g/mol. The SMILES string of the molecule is C[C@@H](CC(=O)Cn1ccnn1)[C@H]1C(=O)N2C(C(=O)O)=C(S[C@@H]3CN[C@H](C(=O)N(C)C)C3)[C@H](C)[C@H]12. The zero-order valence-corrected chi connectivity index (χ0v) is 20.5. The number of β-lactam (4-membered cyclic amide) rings is 1. The minimum Gasteiger partial charge on any atom is -0.477 e. The van der Waals surface area contributed by atoms with Crippen LogP contribution in [0.1, 0.15) is 26.7 Å². The lowest BCUT2D eigenvalue weighted by atomic mass is 9.73. The number of hydrogen-bond acceptors (Lipinski definition) is 8. The Hall–Kier alpha value is -2.73. The highest BCUT2D eigenvalue weighted by molar-refractivity contribution is 8.03. The number of fused-ring (bicyclic) bond motifs is 1. The summed E-state index contributed by atoms with van der Waals surface area (Å²) in [4.78, 5) is 53.6. The second-order valence-electron chi connectivity index (χ2n) is 9.52. The predicted molar refractivity (Wildman–Crippen MR) is 123 cm³/mol. The summed E-state index contributed by atoms with van der Waals surface area (Å²) in [6, 6.07) is -0.565. The van der Waals surface area contributed by atoms with Crippen LogP contribution < -0.4 is 5.32 Å². The highest BCUT2D eigenvalue weighted by atomic mass is 32.2. The van der Waals surface area contributed by atoms with E-state index in [-0.39, 0.29) is 65.4 Å². The molecule has 3 aliphatic rings. The van der Waals surface area contributed by atoms with Crippen molar-refractivity contribution in [2.45, 2.75) is 50.6 Å². The van der Waals surface area contributed by atoms with E-state index in [0.717, 1.165) is 0 Å². The Balaban J connectivity index is 1.44. The van der Waals surface area contributed by atoms with Crippen LogP contribution in [0.15, 0.2) is 23.0 Å². The van der Waals surface area contributed by atoms with Crippen molar-refractivity contribution in [1.29, 1.82) is 0 Å². The Labute approximate surface area is 201 Å². The van der Waals surface area contributed by atoms with Gasteiger partial charge in [0.05, 0.1) is 24.2 Å². The first-order valence-corrected chi connectivity index (χ1v) is 12.3. The molecule has 0 radical (unpaired) electrons. The summed E-state index contributed by atoms with van der Waals surface area (Å²) in [5.74, 6) is -2.20. The van der Waals surface area contributed by atoms with Gasteiger partial charge in [-0.05, 0) is 12.3 Å². The summed E-state index contributed by atoms with van der Waals surface area (Å²) < 4.78 is 1.45. The van der Waals surface area contributed by atoms with Gasteiger partial charge in [-0.2, -0.15) is 0 Å². The average Bonchev–Trinajstić information content (AvgIpc) is 3.48. The molecular formula is C22H30N6O5S. The molecule has 0 unspecified atom stereocenters. The van der Waals surface area contributed by atoms with Crippen molar-refractivity contribution in [3.8, 4) is 0 Å². The number of hydrogen-bond donors (Lipinski definition) is 2. The van der Waals surface area contributed by atoms with E-state index < -0.39 is 11.9 Å². The number of carboxylic acids is 1. The molecule has 4 heterocycles. The van der Waals surface area contributed by atoms with Crippen molar-refractivity contribution in [3.05, 3.63) is 23.0 Å². The normalized spacial score (nSPS) is 29.1. The molecule has 12 heteroatoms. The Morgan fingerprint density at radius 1 is 1.35 bits per heavy atom. The minimum absolute atomic E-state index is 0.00143. The predicted octanol–water partition coefficient (Wildman–Crippen LogP) is 0.198. The maximum Gasteiger partial charge on any atom is 0.353 e. The number of amides is 2. The van der Waals surface area contributed by atoms with Crippen molar-refractivity contribution >= 4 is 35.3 Å². The lowest BCUT2D eigenvalue weighted by Crippen LogP contribution is -2.62. The molecule has 0 aromatic carbocycles. The fourth-order valence-electron chi connectivity index (χ4n) is 5.29. The van der Waals surface area contributed by atoms with E-state index in [2.05, 4.69) is 15.6 Å². The van der Waals surface area contributed by atoms with Gasteiger partial charge in [-0.3, -0.25) is 14.4 Å². The van der Waals surface area contributed by atoms with E-state index >= 15 is 0 Å². The molecule has 2 amide bonds. The molecule has 0 saturated carbocycles. The van der Waals surface area contributed by atoms with Crippen LogP contribution >= 0.6 is 11.8 Å². The Morgan fingerprint density at radius 3 is 2.71 bits per heavy atom. The molecule has 2 saturated heterocycles. The van der Waals surface area contributed by atoms with Crippen molar-refractivity contribution in [3.63, 3.8) is 0 Å². The lowest BCUT2D eigenvalue weighted by molar-refractivity contribution is -0.160. The van der Waals surface area contributed by atoms with Gasteiger partial charge >= 0.3 is 5.97 Å². The molecule has 2 N–H and O–H groups in total. The summed E-state index contributed by atoms with van der Waals surface area (Å²) in [5.41, 5.74) is 0.0484. The monoisotopic (exact) mass is 490 g/mol. The third-order valence-corrected chi connectivity index (χ3v) is 8.40. The number of carbonyl (C=O) groups is 4. The molecule has 184 valence electrons. The van der Waals surface area contributed by atoms with Gasteiger partial charge < -0.3 is 20.2 Å². The molecule has 1 aromatic rings. The number of Topliss-reactive ketones (excluding diaryl/α,β-unsaturated/α-hetero) is 1. The Bertz CT molecular complexity index is 1020. The van der Waals surface area contributed by atoms with Gasteiger partial charge in [-0.1, -0.05) is 19.1 Å². The van der Waals surface area contributed by atoms with Gasteiger partial charge in [0.15, 0.2) is 5.78 Å². The number of aromatic nitrogens is 3. The van der Waals surface area contributed by atoms with E-state index in [1.807, 2.05) is 13.8 Å². The Kier molecular flexibility index (Phi) is 6.81. The maximum absolute atomic E-state index is 13.1. The molecule has 4 rings (SSSR count). The molecule has 11 nitrogen and oxygen atoms in total. The van der Waals surface area contributed by atoms with Gasteiger partial charge in [0, 0.05) is 49.3 Å². The van der Waals surface area contributed by atoms with Crippen LogP contribution in [0, 0.1) is 17.8 Å². The van der Waals surface area contributed by atoms with Gasteiger partial charge in [0.1, 0.15) is 12.2 Å². The summed E-state index contributed by atoms with van der Waals surface area (Å²) in [5, 5.41) is 20.7. The number of carboxylic acid groups (broad SMARTS) is 1. The van der Waals surface area contributed by atoms with Gasteiger partial charge in [-0.25, -0.2) is 9.48 Å². The number of likely N-dealkylation sites (N-methyl/N-ethyl adjacent to an activating group) is 1. The molecule has 0 spiro atoms. The summed E-state index contributed by atoms with van der Waals surface area (Å²) in [7, 11) is 3.42. The molecular weight excluding hydrogens is 460 g/mol. The zero-order valence-electron chi connectivity index (χ0n) is 19.7. The molecule has 2 fully saturated rings. The number of carbonyl (C=O) groups excluding carboxylic acids is 3. The van der Waals surface area contributed by atoms with Crippen molar-refractivity contribution in [2.24, 2.45) is 17.8 Å². The topological polar surface area (TPSA) is 138 Å². The van der Waals surface area contributed by atoms with E-state index in [0.29, 0.717) is 17.9 Å². The first kappa shape index (κ1) is 24.4. The molecule has 34 heavy (non-hydrogen) atoms. The lowest BCUT2D eigenvalue weighted by Gasteiger charge is -2.47. The van der Waals surface area contributed by atoms with Crippen LogP contribution in [0.3, 0.4) is 0 Å². The first-order valence-electron chi connectivity index (χ1n) is 11.4. The molecule has 1 aromatic heterocycles. The zero-order chi connectivity index (χ0) is 24.7. The van der Waals surface area contributed by atoms with E-state index in [9.17, 15) is 24.3 Å². The summed E-state index contributed by atoms with van der Waals surface area (Å²) in [6.45, 7) is 4.50. The highest BCUT2D eigenvalue weighted by Crippen LogP contribution is 2.53. The quantitative estimate of drug-likeness (QED) is 0.465. The standard InChI is InChI=1S/C22H30N6O5S/c1-11(7-13(29)10-27-6-5-24-25-27)16-17-12(2)19(18(22(32)33)28(17)21(16)31)34-14-8-15(23-9-14)20(30)26(3)4/h5-6,11-12,14-17,23H,7-10H2,1-4H3,(H,32,33)/t11-,12+,14-,15-,16+,17+/m0/s1. The maximum atomic E-state index is 13.1. The Morgan fingerprint density at radius 2 is 2.09 bits per heavy atom. The van der Waals surface area contributed by atoms with E-state index in [1.165, 1.54) is 27.5 Å². The van der Waals surface area contributed by atoms with Crippen LogP contribution in [0.2, 0.25) is 0 Å². The van der Waals surface area contributed by atoms with Gasteiger partial charge in [0.2, 0.25) is 11.8 Å². The minimum atomic E-state index is -1.12. The van der Waals surface area contributed by atoms with Crippen LogP contribution in [0.4, 0.5) is 0 Å². The van der Waals surface area contributed by atoms with E-state index in [1.54, 1.807) is 25.2 Å². The molecule has 6 atom stereocenters. The number of nitrogens with one attached hydrogen (secondary N) is 1. The second kappa shape index (κ2) is 9.49. The second-order valence-corrected chi connectivity index (χ2v) is 10.9. The van der Waals surface area contributed by atoms with Crippen LogP contribution in [0.5, 0.6) is 0 Å². The molecule has 0 bridgehead atoms. The molecule has 0 aliphatic carbocycles. The van der Waals surface area contributed by atoms with Crippen LogP contribution in [0.25, 0.3) is 0 Å². The summed E-state index contributed by atoms with van der Waals surface area (Å²) >= 11 is 1.46. The summed E-state index contributed by atoms with van der Waals surface area (Å²) in [6.07, 6.45) is 3.92. The largest absolute Gasteiger partial charge is 0.477 e. The number of ketones is 1. The van der Waals surface area contributed by atoms with Crippen LogP contribution in [-0.2, 0) is 25.7 Å². The van der Waals surface area contributed by atoms with Crippen molar-refractivity contribution in [2.75, 3.05) is 20.6 Å². The number of aliphatic carboxylic acids is 1. The fraction of sp³-hybridized carbons (Fsp3) is 0.636. The van der Waals surface area contributed by atoms with Gasteiger partial charge in [-0.15, -0.1) is 16.9 Å². The third-order valence-electron chi connectivity index (χ3n) is 6.89. The number of rotatable bonds is 9. The van der Waals surface area contributed by atoms with Gasteiger partial charge in [0.25, 0.3) is 0 Å². The third kappa shape index (κ3) is 4.36. The smallest absolute Gasteiger partial charge is 0.353 e. The number of nitrogens with zero attached hydrogens (tertiary/aromatic N) is 5. The number of thioether (sulfide) groups is 1. The van der Waals surface area contributed by atoms with Crippen molar-refractivity contribution in [1.82, 2.24) is 30.1 Å². The van der Waals surface area contributed by atoms with E-state index in [4.69, 9.17) is 0 Å². The first-order chi connectivity index (χ1) is 16.1. The highest BCUT2D eigenvalue weighted by Gasteiger charge is 2.60. The molecule has 3 aliphatic heterocycles.